The highest BCUT2D eigenvalue weighted by molar-refractivity contribution is 5.92. The molecule has 0 heterocycles. The molecule has 2 aromatic carbocycles. The van der Waals surface area contributed by atoms with E-state index in [9.17, 15) is 9.59 Å². The summed E-state index contributed by atoms with van der Waals surface area (Å²) in [6.45, 7) is -0.250. The molecular weight excluding hydrogens is 314 g/mol. The first-order valence-corrected chi connectivity index (χ1v) is 7.01. The van der Waals surface area contributed by atoms with E-state index in [1.165, 1.54) is 32.4 Å². The third-order valence-electron chi connectivity index (χ3n) is 3.12. The lowest BCUT2D eigenvalue weighted by Crippen LogP contribution is -2.20. The maximum absolute atomic E-state index is 11.9. The van der Waals surface area contributed by atoms with Crippen LogP contribution in [0.5, 0.6) is 17.2 Å². The van der Waals surface area contributed by atoms with Crippen molar-refractivity contribution in [1.29, 1.82) is 0 Å². The van der Waals surface area contributed by atoms with Crippen molar-refractivity contribution < 1.29 is 28.9 Å². The summed E-state index contributed by atoms with van der Waals surface area (Å²) in [5, 5.41) is 11.6. The van der Waals surface area contributed by atoms with Gasteiger partial charge in [0.25, 0.3) is 5.91 Å². The highest BCUT2D eigenvalue weighted by Crippen LogP contribution is 2.28. The number of hydrogen-bond acceptors (Lipinski definition) is 5. The molecule has 126 valence electrons. The first kappa shape index (κ1) is 17.1. The second kappa shape index (κ2) is 7.87. The first-order chi connectivity index (χ1) is 11.5. The quantitative estimate of drug-likeness (QED) is 0.809. The average molecular weight is 331 g/mol. The minimum absolute atomic E-state index is 0.0695. The van der Waals surface area contributed by atoms with Crippen molar-refractivity contribution in [3.8, 4) is 17.2 Å². The molecule has 0 radical (unpaired) electrons. The van der Waals surface area contributed by atoms with E-state index in [0.29, 0.717) is 11.4 Å². The summed E-state index contributed by atoms with van der Waals surface area (Å²) in [4.78, 5) is 22.9. The molecule has 7 nitrogen and oxygen atoms in total. The van der Waals surface area contributed by atoms with E-state index in [4.69, 9.17) is 19.3 Å². The number of carbonyl (C=O) groups is 2. The standard InChI is InChI=1S/C17H17NO6/c1-22-13-5-3-4-12(9-13)18-16(19)10-24-14-7-6-11(17(20)21)8-15(14)23-2/h3-9H,10H2,1-2H3,(H,18,19)(H,20,21). The number of nitrogens with one attached hydrogen (secondary N) is 1. The van der Waals surface area contributed by atoms with Crippen LogP contribution < -0.4 is 19.5 Å². The Balaban J connectivity index is 1.99. The van der Waals surface area contributed by atoms with Crippen molar-refractivity contribution >= 4 is 17.6 Å². The van der Waals surface area contributed by atoms with Gasteiger partial charge in [-0.3, -0.25) is 4.79 Å². The van der Waals surface area contributed by atoms with Crippen molar-refractivity contribution in [1.82, 2.24) is 0 Å². The van der Waals surface area contributed by atoms with Crippen LogP contribution >= 0.6 is 0 Å². The van der Waals surface area contributed by atoms with Gasteiger partial charge in [0.1, 0.15) is 5.75 Å². The van der Waals surface area contributed by atoms with Gasteiger partial charge in [0.2, 0.25) is 0 Å². The lowest BCUT2D eigenvalue weighted by Gasteiger charge is -2.11. The Labute approximate surface area is 138 Å². The molecule has 0 aliphatic heterocycles. The molecule has 0 aliphatic carbocycles. The number of carbonyl (C=O) groups excluding carboxylic acids is 1. The molecule has 0 saturated carbocycles. The van der Waals surface area contributed by atoms with Crippen LogP contribution in [0, 0.1) is 0 Å². The number of aromatic carboxylic acids is 1. The maximum Gasteiger partial charge on any atom is 0.335 e. The number of benzene rings is 2. The summed E-state index contributed by atoms with van der Waals surface area (Å²) in [6.07, 6.45) is 0. The monoisotopic (exact) mass is 331 g/mol. The number of anilines is 1. The summed E-state index contributed by atoms with van der Waals surface area (Å²) < 4.78 is 15.6. The molecule has 2 aromatic rings. The molecule has 0 aliphatic rings. The molecular formula is C17H17NO6. The van der Waals surface area contributed by atoms with Crippen LogP contribution in [0.1, 0.15) is 10.4 Å². The zero-order valence-electron chi connectivity index (χ0n) is 13.2. The van der Waals surface area contributed by atoms with E-state index in [-0.39, 0.29) is 29.6 Å². The smallest absolute Gasteiger partial charge is 0.335 e. The lowest BCUT2D eigenvalue weighted by molar-refractivity contribution is -0.118. The van der Waals surface area contributed by atoms with E-state index in [1.54, 1.807) is 24.3 Å². The third-order valence-corrected chi connectivity index (χ3v) is 3.12. The van der Waals surface area contributed by atoms with Crippen molar-refractivity contribution in [2.24, 2.45) is 0 Å². The fraction of sp³-hybridized carbons (Fsp3) is 0.176. The molecule has 0 saturated heterocycles. The highest BCUT2D eigenvalue weighted by atomic mass is 16.5. The van der Waals surface area contributed by atoms with Gasteiger partial charge in [-0.15, -0.1) is 0 Å². The van der Waals surface area contributed by atoms with Gasteiger partial charge in [-0.1, -0.05) is 6.07 Å². The zero-order valence-corrected chi connectivity index (χ0v) is 13.2. The predicted molar refractivity (Wildman–Crippen MR) is 87.1 cm³/mol. The third kappa shape index (κ3) is 4.39. The molecule has 7 heteroatoms. The molecule has 24 heavy (non-hydrogen) atoms. The molecule has 0 aromatic heterocycles. The maximum atomic E-state index is 11.9. The fourth-order valence-corrected chi connectivity index (χ4v) is 1.96. The minimum Gasteiger partial charge on any atom is -0.497 e. The SMILES string of the molecule is COc1cccc(NC(=O)COc2ccc(C(=O)O)cc2OC)c1. The summed E-state index contributed by atoms with van der Waals surface area (Å²) >= 11 is 0. The molecule has 0 spiro atoms. The van der Waals surface area contributed by atoms with E-state index in [1.807, 2.05) is 0 Å². The number of ether oxygens (including phenoxy) is 3. The Bertz CT molecular complexity index is 744. The fourth-order valence-electron chi connectivity index (χ4n) is 1.96. The number of methoxy groups -OCH3 is 2. The minimum atomic E-state index is -1.07. The van der Waals surface area contributed by atoms with Crippen LogP contribution in [-0.2, 0) is 4.79 Å². The molecule has 0 fully saturated rings. The normalized spacial score (nSPS) is 9.92. The van der Waals surface area contributed by atoms with Crippen LogP contribution in [-0.4, -0.2) is 37.8 Å². The summed E-state index contributed by atoms with van der Waals surface area (Å²) in [7, 11) is 2.93. The van der Waals surface area contributed by atoms with Crippen molar-refractivity contribution in [3.05, 3.63) is 48.0 Å². The largest absolute Gasteiger partial charge is 0.497 e. The van der Waals surface area contributed by atoms with Crippen LogP contribution in [0.4, 0.5) is 5.69 Å². The van der Waals surface area contributed by atoms with Gasteiger partial charge in [0.15, 0.2) is 18.1 Å². The van der Waals surface area contributed by atoms with Gasteiger partial charge < -0.3 is 24.6 Å². The number of amides is 1. The predicted octanol–water partition coefficient (Wildman–Crippen LogP) is 2.42. The Morgan fingerprint density at radius 1 is 1.04 bits per heavy atom. The summed E-state index contributed by atoms with van der Waals surface area (Å²) in [6, 6.07) is 11.1. The Kier molecular flexibility index (Phi) is 5.62. The van der Waals surface area contributed by atoms with E-state index < -0.39 is 5.97 Å². The van der Waals surface area contributed by atoms with Crippen LogP contribution in [0.2, 0.25) is 0 Å². The molecule has 1 amide bonds. The van der Waals surface area contributed by atoms with Gasteiger partial charge in [-0.25, -0.2) is 4.79 Å². The lowest BCUT2D eigenvalue weighted by atomic mass is 10.2. The molecule has 2 N–H and O–H groups in total. The number of rotatable bonds is 7. The summed E-state index contributed by atoms with van der Waals surface area (Å²) in [5.41, 5.74) is 0.649. The van der Waals surface area contributed by atoms with Crippen LogP contribution in [0.25, 0.3) is 0 Å². The van der Waals surface area contributed by atoms with Crippen molar-refractivity contribution in [2.45, 2.75) is 0 Å². The molecule has 0 unspecified atom stereocenters. The van der Waals surface area contributed by atoms with Crippen molar-refractivity contribution in [3.63, 3.8) is 0 Å². The van der Waals surface area contributed by atoms with Crippen LogP contribution in [0.15, 0.2) is 42.5 Å². The number of carboxylic acid groups (broad SMARTS) is 1. The first-order valence-electron chi connectivity index (χ1n) is 7.01. The zero-order chi connectivity index (χ0) is 17.5. The van der Waals surface area contributed by atoms with E-state index in [2.05, 4.69) is 5.32 Å². The molecule has 0 bridgehead atoms. The van der Waals surface area contributed by atoms with Gasteiger partial charge >= 0.3 is 5.97 Å². The Morgan fingerprint density at radius 3 is 2.50 bits per heavy atom. The van der Waals surface area contributed by atoms with Gasteiger partial charge in [0, 0.05) is 11.8 Å². The second-order valence-electron chi connectivity index (χ2n) is 4.74. The van der Waals surface area contributed by atoms with E-state index >= 15 is 0 Å². The molecule has 0 atom stereocenters. The number of carboxylic acids is 1. The van der Waals surface area contributed by atoms with Crippen LogP contribution in [0.3, 0.4) is 0 Å². The van der Waals surface area contributed by atoms with Crippen molar-refractivity contribution in [2.75, 3.05) is 26.1 Å². The average Bonchev–Trinajstić information content (AvgIpc) is 2.59. The Hall–Kier alpha value is -3.22. The topological polar surface area (TPSA) is 94.1 Å². The molecule has 2 rings (SSSR count). The highest BCUT2D eigenvalue weighted by Gasteiger charge is 2.12. The Morgan fingerprint density at radius 2 is 1.83 bits per heavy atom. The van der Waals surface area contributed by atoms with Gasteiger partial charge in [-0.2, -0.15) is 0 Å². The summed E-state index contributed by atoms with van der Waals surface area (Å²) in [5.74, 6) is -0.296. The van der Waals surface area contributed by atoms with E-state index in [0.717, 1.165) is 0 Å². The van der Waals surface area contributed by atoms with Gasteiger partial charge in [-0.05, 0) is 30.3 Å². The number of hydrogen-bond donors (Lipinski definition) is 2. The van der Waals surface area contributed by atoms with Gasteiger partial charge in [0.05, 0.1) is 19.8 Å². The second-order valence-corrected chi connectivity index (χ2v) is 4.74.